The molecule has 0 radical (unpaired) electrons. The van der Waals surface area contributed by atoms with Gasteiger partial charge in [-0.2, -0.15) is 0 Å². The highest BCUT2D eigenvalue weighted by atomic mass is 16.5. The van der Waals surface area contributed by atoms with Gasteiger partial charge in [0, 0.05) is 24.3 Å². The minimum Gasteiger partial charge on any atom is -0.484 e. The summed E-state index contributed by atoms with van der Waals surface area (Å²) < 4.78 is 5.58. The van der Waals surface area contributed by atoms with Crippen molar-refractivity contribution in [2.75, 3.05) is 25.0 Å². The van der Waals surface area contributed by atoms with Crippen molar-refractivity contribution in [3.8, 4) is 5.75 Å². The van der Waals surface area contributed by atoms with Crippen LogP contribution >= 0.6 is 0 Å². The van der Waals surface area contributed by atoms with Crippen LogP contribution < -0.4 is 10.1 Å². The van der Waals surface area contributed by atoms with E-state index in [0.29, 0.717) is 17.0 Å². The number of carbonyl (C=O) groups excluding carboxylic acids is 2. The first-order valence-corrected chi connectivity index (χ1v) is 10.7. The number of ether oxygens (including phenoxy) is 1. The third-order valence-corrected chi connectivity index (χ3v) is 4.78. The smallest absolute Gasteiger partial charge is 0.262 e. The first kappa shape index (κ1) is 23.5. The summed E-state index contributed by atoms with van der Waals surface area (Å²) in [6.07, 6.45) is 1.86. The topological polar surface area (TPSA) is 58.6 Å². The van der Waals surface area contributed by atoms with Crippen molar-refractivity contribution >= 4 is 17.5 Å². The normalized spacial score (nSPS) is 11.1. The monoisotopic (exact) mass is 410 g/mol. The molecule has 2 aromatic carbocycles. The average Bonchev–Trinajstić information content (AvgIpc) is 2.72. The van der Waals surface area contributed by atoms with Crippen molar-refractivity contribution in [3.05, 3.63) is 59.7 Å². The molecule has 0 saturated heterocycles. The molecule has 0 aliphatic rings. The predicted octanol–water partition coefficient (Wildman–Crippen LogP) is 5.26. The van der Waals surface area contributed by atoms with E-state index in [0.717, 1.165) is 25.9 Å². The lowest BCUT2D eigenvalue weighted by Crippen LogP contribution is -2.32. The minimum absolute atomic E-state index is 0.0265. The van der Waals surface area contributed by atoms with Gasteiger partial charge in [0.15, 0.2) is 6.61 Å². The standard InChI is InChI=1S/C25H34N2O3/c1-6-16-27(17-7-2)24(29)19-8-12-21(13-9-19)26-23(28)18-30-22-14-10-20(11-15-22)25(3,4)5/h8-15H,6-7,16-18H2,1-5H3,(H,26,28). The lowest BCUT2D eigenvalue weighted by molar-refractivity contribution is -0.118. The lowest BCUT2D eigenvalue weighted by Gasteiger charge is -2.21. The summed E-state index contributed by atoms with van der Waals surface area (Å²) >= 11 is 0. The summed E-state index contributed by atoms with van der Waals surface area (Å²) in [5.74, 6) is 0.442. The molecule has 0 bridgehead atoms. The Hall–Kier alpha value is -2.82. The number of hydrogen-bond donors (Lipinski definition) is 1. The molecule has 5 heteroatoms. The summed E-state index contributed by atoms with van der Waals surface area (Å²) in [4.78, 5) is 26.7. The van der Waals surface area contributed by atoms with Gasteiger partial charge in [0.25, 0.3) is 11.8 Å². The molecule has 0 atom stereocenters. The fourth-order valence-electron chi connectivity index (χ4n) is 3.13. The van der Waals surface area contributed by atoms with Gasteiger partial charge >= 0.3 is 0 Å². The number of nitrogens with zero attached hydrogens (tertiary/aromatic N) is 1. The molecule has 0 unspecified atom stereocenters. The highest BCUT2D eigenvalue weighted by Crippen LogP contribution is 2.24. The lowest BCUT2D eigenvalue weighted by atomic mass is 9.87. The maximum Gasteiger partial charge on any atom is 0.262 e. The number of carbonyl (C=O) groups is 2. The highest BCUT2D eigenvalue weighted by Gasteiger charge is 2.15. The van der Waals surface area contributed by atoms with Crippen molar-refractivity contribution in [3.63, 3.8) is 0 Å². The zero-order valence-electron chi connectivity index (χ0n) is 18.8. The minimum atomic E-state index is -0.243. The van der Waals surface area contributed by atoms with E-state index < -0.39 is 0 Å². The number of amides is 2. The van der Waals surface area contributed by atoms with Crippen LogP contribution in [0.1, 0.15) is 63.4 Å². The van der Waals surface area contributed by atoms with Crippen LogP contribution in [0.25, 0.3) is 0 Å². The molecule has 0 saturated carbocycles. The van der Waals surface area contributed by atoms with E-state index in [4.69, 9.17) is 4.74 Å². The number of rotatable bonds is 9. The van der Waals surface area contributed by atoms with Crippen molar-refractivity contribution in [2.45, 2.75) is 52.9 Å². The van der Waals surface area contributed by atoms with Gasteiger partial charge in [-0.1, -0.05) is 46.8 Å². The first-order chi connectivity index (χ1) is 14.2. The molecule has 0 spiro atoms. The Morgan fingerprint density at radius 1 is 0.900 bits per heavy atom. The van der Waals surface area contributed by atoms with E-state index in [9.17, 15) is 9.59 Å². The van der Waals surface area contributed by atoms with Crippen LogP contribution in [0.2, 0.25) is 0 Å². The molecule has 2 amide bonds. The van der Waals surface area contributed by atoms with E-state index in [1.807, 2.05) is 29.2 Å². The highest BCUT2D eigenvalue weighted by molar-refractivity contribution is 5.96. The van der Waals surface area contributed by atoms with Crippen molar-refractivity contribution in [1.82, 2.24) is 4.90 Å². The van der Waals surface area contributed by atoms with Crippen LogP contribution in [0.15, 0.2) is 48.5 Å². The fourth-order valence-corrected chi connectivity index (χ4v) is 3.13. The average molecular weight is 411 g/mol. The molecular weight excluding hydrogens is 376 g/mol. The third kappa shape index (κ3) is 6.90. The van der Waals surface area contributed by atoms with E-state index >= 15 is 0 Å². The Kier molecular flexibility index (Phi) is 8.46. The zero-order valence-corrected chi connectivity index (χ0v) is 18.8. The summed E-state index contributed by atoms with van der Waals surface area (Å²) in [6, 6.07) is 14.8. The van der Waals surface area contributed by atoms with Crippen LogP contribution in [0.3, 0.4) is 0 Å². The van der Waals surface area contributed by atoms with Gasteiger partial charge in [0.2, 0.25) is 0 Å². The van der Waals surface area contributed by atoms with Crippen LogP contribution in [-0.2, 0) is 10.2 Å². The van der Waals surface area contributed by atoms with Crippen molar-refractivity contribution in [1.29, 1.82) is 0 Å². The molecule has 30 heavy (non-hydrogen) atoms. The summed E-state index contributed by atoms with van der Waals surface area (Å²) in [5, 5.41) is 2.80. The molecule has 0 aliphatic heterocycles. The van der Waals surface area contributed by atoms with E-state index in [-0.39, 0.29) is 23.8 Å². The molecular formula is C25H34N2O3. The second kappa shape index (κ2) is 10.8. The molecule has 0 aromatic heterocycles. The van der Waals surface area contributed by atoms with Crippen molar-refractivity contribution in [2.24, 2.45) is 0 Å². The second-order valence-electron chi connectivity index (χ2n) is 8.48. The van der Waals surface area contributed by atoms with E-state index in [2.05, 4.69) is 39.9 Å². The number of benzene rings is 2. The van der Waals surface area contributed by atoms with Crippen LogP contribution in [0, 0.1) is 0 Å². The van der Waals surface area contributed by atoms with E-state index in [1.54, 1.807) is 24.3 Å². The first-order valence-electron chi connectivity index (χ1n) is 10.7. The molecule has 2 rings (SSSR count). The number of hydrogen-bond acceptors (Lipinski definition) is 3. The maximum atomic E-state index is 12.6. The van der Waals surface area contributed by atoms with Gasteiger partial charge in [-0.3, -0.25) is 9.59 Å². The van der Waals surface area contributed by atoms with Crippen molar-refractivity contribution < 1.29 is 14.3 Å². The SMILES string of the molecule is CCCN(CCC)C(=O)c1ccc(NC(=O)COc2ccc(C(C)(C)C)cc2)cc1. The Balaban J connectivity index is 1.89. The molecule has 162 valence electrons. The van der Waals surface area contributed by atoms with Crippen LogP contribution in [0.5, 0.6) is 5.75 Å². The summed E-state index contributed by atoms with van der Waals surface area (Å²) in [5.41, 5.74) is 2.56. The van der Waals surface area contributed by atoms with Gasteiger partial charge in [-0.15, -0.1) is 0 Å². The van der Waals surface area contributed by atoms with E-state index in [1.165, 1.54) is 5.56 Å². The third-order valence-electron chi connectivity index (χ3n) is 4.78. The van der Waals surface area contributed by atoms with Gasteiger partial charge < -0.3 is 15.0 Å². The molecule has 2 aromatic rings. The van der Waals surface area contributed by atoms with Gasteiger partial charge in [0.1, 0.15) is 5.75 Å². The van der Waals surface area contributed by atoms with Gasteiger partial charge in [0.05, 0.1) is 0 Å². The van der Waals surface area contributed by atoms with Crippen LogP contribution in [-0.4, -0.2) is 36.4 Å². The largest absolute Gasteiger partial charge is 0.484 e. The molecule has 0 aliphatic carbocycles. The number of anilines is 1. The summed E-state index contributed by atoms with van der Waals surface area (Å²) in [6.45, 7) is 12.0. The second-order valence-corrected chi connectivity index (χ2v) is 8.48. The van der Waals surface area contributed by atoms with Crippen LogP contribution in [0.4, 0.5) is 5.69 Å². The molecule has 1 N–H and O–H groups in total. The van der Waals surface area contributed by atoms with Gasteiger partial charge in [-0.05, 0) is 60.2 Å². The maximum absolute atomic E-state index is 12.6. The molecule has 0 fully saturated rings. The Labute approximate surface area is 180 Å². The van der Waals surface area contributed by atoms with Gasteiger partial charge in [-0.25, -0.2) is 0 Å². The quantitative estimate of drug-likeness (QED) is 0.613. The predicted molar refractivity (Wildman–Crippen MR) is 122 cm³/mol. The molecule has 0 heterocycles. The molecule has 5 nitrogen and oxygen atoms in total. The zero-order chi connectivity index (χ0) is 22.1. The fraction of sp³-hybridized carbons (Fsp3) is 0.440. The number of nitrogens with one attached hydrogen (secondary N) is 1. The summed E-state index contributed by atoms with van der Waals surface area (Å²) in [7, 11) is 0. The Morgan fingerprint density at radius 2 is 1.47 bits per heavy atom. The Bertz CT molecular complexity index is 815. The Morgan fingerprint density at radius 3 is 1.97 bits per heavy atom.